The molecule has 1 atom stereocenters. The van der Waals surface area contributed by atoms with Crippen LogP contribution >= 0.6 is 0 Å². The third kappa shape index (κ3) is 1.87. The van der Waals surface area contributed by atoms with Gasteiger partial charge in [-0.25, -0.2) is 4.52 Å². The molecule has 1 aliphatic heterocycles. The maximum atomic E-state index is 12.1. The SMILES string of the molecule is O=C(N[C@H]1CCNC1)c1cnn2ccncc12. The van der Waals surface area contributed by atoms with Crippen LogP contribution in [0.4, 0.5) is 0 Å². The fourth-order valence-corrected chi connectivity index (χ4v) is 2.05. The molecule has 17 heavy (non-hydrogen) atoms. The number of aromatic nitrogens is 3. The van der Waals surface area contributed by atoms with Gasteiger partial charge in [-0.3, -0.25) is 9.78 Å². The van der Waals surface area contributed by atoms with E-state index < -0.39 is 0 Å². The summed E-state index contributed by atoms with van der Waals surface area (Å²) in [6.45, 7) is 1.80. The van der Waals surface area contributed by atoms with Gasteiger partial charge in [-0.1, -0.05) is 0 Å². The van der Waals surface area contributed by atoms with E-state index in [-0.39, 0.29) is 11.9 Å². The quantitative estimate of drug-likeness (QED) is 0.752. The van der Waals surface area contributed by atoms with Crippen LogP contribution in [0.2, 0.25) is 0 Å². The minimum Gasteiger partial charge on any atom is -0.348 e. The van der Waals surface area contributed by atoms with Gasteiger partial charge in [0.05, 0.1) is 23.5 Å². The topological polar surface area (TPSA) is 71.3 Å². The lowest BCUT2D eigenvalue weighted by Crippen LogP contribution is -2.36. The summed E-state index contributed by atoms with van der Waals surface area (Å²) in [6.07, 6.45) is 7.57. The Morgan fingerprint density at radius 2 is 2.47 bits per heavy atom. The van der Waals surface area contributed by atoms with Crippen LogP contribution < -0.4 is 10.6 Å². The van der Waals surface area contributed by atoms with Crippen molar-refractivity contribution < 1.29 is 4.79 Å². The molecule has 2 aromatic rings. The summed E-state index contributed by atoms with van der Waals surface area (Å²) in [5.74, 6) is -0.0818. The number of carbonyl (C=O) groups is 1. The van der Waals surface area contributed by atoms with Crippen LogP contribution in [0.5, 0.6) is 0 Å². The highest BCUT2D eigenvalue weighted by atomic mass is 16.1. The molecule has 3 rings (SSSR count). The van der Waals surface area contributed by atoms with Gasteiger partial charge in [-0.15, -0.1) is 0 Å². The van der Waals surface area contributed by atoms with Gasteiger partial charge < -0.3 is 10.6 Å². The van der Waals surface area contributed by atoms with Crippen LogP contribution in [0.15, 0.2) is 24.8 Å². The lowest BCUT2D eigenvalue weighted by molar-refractivity contribution is 0.0941. The highest BCUT2D eigenvalue weighted by Crippen LogP contribution is 2.09. The minimum atomic E-state index is -0.0818. The Labute approximate surface area is 98.0 Å². The first-order chi connectivity index (χ1) is 8.34. The average molecular weight is 231 g/mol. The number of rotatable bonds is 2. The standard InChI is InChI=1S/C11H13N5O/c17-11(15-8-1-2-12-5-8)9-6-14-16-4-3-13-7-10(9)16/h3-4,6-8,12H,1-2,5H2,(H,15,17)/t8-/m0/s1. The smallest absolute Gasteiger partial charge is 0.255 e. The van der Waals surface area contributed by atoms with E-state index in [0.29, 0.717) is 5.56 Å². The number of fused-ring (bicyclic) bond motifs is 1. The van der Waals surface area contributed by atoms with Gasteiger partial charge in [0.25, 0.3) is 5.91 Å². The molecule has 0 aromatic carbocycles. The third-order valence-corrected chi connectivity index (χ3v) is 2.96. The fourth-order valence-electron chi connectivity index (χ4n) is 2.05. The lowest BCUT2D eigenvalue weighted by Gasteiger charge is -2.09. The highest BCUT2D eigenvalue weighted by molar-refractivity contribution is 6.00. The molecule has 0 saturated carbocycles. The number of nitrogens with one attached hydrogen (secondary N) is 2. The molecule has 1 aliphatic rings. The van der Waals surface area contributed by atoms with Gasteiger partial charge in [-0.05, 0) is 13.0 Å². The Balaban J connectivity index is 1.85. The molecule has 2 aromatic heterocycles. The molecule has 2 N–H and O–H groups in total. The maximum Gasteiger partial charge on any atom is 0.255 e. The van der Waals surface area contributed by atoms with Crippen LogP contribution in [0.25, 0.3) is 5.52 Å². The molecule has 0 radical (unpaired) electrons. The number of amides is 1. The Morgan fingerprint density at radius 1 is 1.53 bits per heavy atom. The molecule has 1 amide bonds. The second kappa shape index (κ2) is 4.14. The van der Waals surface area contributed by atoms with Crippen molar-refractivity contribution >= 4 is 11.4 Å². The number of hydrogen-bond acceptors (Lipinski definition) is 4. The number of nitrogens with zero attached hydrogens (tertiary/aromatic N) is 3. The normalized spacial score (nSPS) is 19.6. The van der Waals surface area contributed by atoms with Crippen molar-refractivity contribution in [3.8, 4) is 0 Å². The van der Waals surface area contributed by atoms with E-state index in [1.165, 1.54) is 0 Å². The molecule has 6 heteroatoms. The Bertz CT molecular complexity index is 544. The van der Waals surface area contributed by atoms with Crippen LogP contribution in [-0.2, 0) is 0 Å². The average Bonchev–Trinajstić information content (AvgIpc) is 2.96. The zero-order valence-corrected chi connectivity index (χ0v) is 9.26. The largest absolute Gasteiger partial charge is 0.348 e. The third-order valence-electron chi connectivity index (χ3n) is 2.96. The summed E-state index contributed by atoms with van der Waals surface area (Å²) in [6, 6.07) is 0.217. The van der Waals surface area contributed by atoms with Gasteiger partial charge in [0.15, 0.2) is 0 Å². The molecule has 0 unspecified atom stereocenters. The molecule has 6 nitrogen and oxygen atoms in total. The Hall–Kier alpha value is -1.95. The molecular formula is C11H13N5O. The second-order valence-corrected chi connectivity index (χ2v) is 4.13. The van der Waals surface area contributed by atoms with Gasteiger partial charge in [0, 0.05) is 25.0 Å². The fraction of sp³-hybridized carbons (Fsp3) is 0.364. The van der Waals surface area contributed by atoms with Crippen LogP contribution in [0.1, 0.15) is 16.8 Å². The molecule has 0 aliphatic carbocycles. The van der Waals surface area contributed by atoms with E-state index in [0.717, 1.165) is 25.0 Å². The van der Waals surface area contributed by atoms with Crippen LogP contribution in [-0.4, -0.2) is 39.6 Å². The number of carbonyl (C=O) groups excluding carboxylic acids is 1. The van der Waals surface area contributed by atoms with Gasteiger partial charge in [0.1, 0.15) is 0 Å². The molecule has 1 saturated heterocycles. The van der Waals surface area contributed by atoms with Gasteiger partial charge in [0.2, 0.25) is 0 Å². The predicted octanol–water partition coefficient (Wildman–Crippen LogP) is -0.179. The molecule has 0 spiro atoms. The van der Waals surface area contributed by atoms with Crippen molar-refractivity contribution in [2.24, 2.45) is 0 Å². The van der Waals surface area contributed by atoms with Crippen molar-refractivity contribution in [3.05, 3.63) is 30.4 Å². The first kappa shape index (κ1) is 10.2. The first-order valence-corrected chi connectivity index (χ1v) is 5.63. The van der Waals surface area contributed by atoms with Crippen molar-refractivity contribution in [3.63, 3.8) is 0 Å². The highest BCUT2D eigenvalue weighted by Gasteiger charge is 2.19. The first-order valence-electron chi connectivity index (χ1n) is 5.63. The zero-order valence-electron chi connectivity index (χ0n) is 9.26. The molecule has 88 valence electrons. The zero-order chi connectivity index (χ0) is 11.7. The maximum absolute atomic E-state index is 12.1. The monoisotopic (exact) mass is 231 g/mol. The van der Waals surface area contributed by atoms with Crippen LogP contribution in [0.3, 0.4) is 0 Å². The van der Waals surface area contributed by atoms with Crippen molar-refractivity contribution in [2.45, 2.75) is 12.5 Å². The van der Waals surface area contributed by atoms with Crippen molar-refractivity contribution in [1.29, 1.82) is 0 Å². The van der Waals surface area contributed by atoms with Gasteiger partial charge >= 0.3 is 0 Å². The number of hydrogen-bond donors (Lipinski definition) is 2. The van der Waals surface area contributed by atoms with E-state index in [4.69, 9.17) is 0 Å². The molecule has 0 bridgehead atoms. The van der Waals surface area contributed by atoms with Gasteiger partial charge in [-0.2, -0.15) is 5.10 Å². The Morgan fingerprint density at radius 3 is 3.29 bits per heavy atom. The van der Waals surface area contributed by atoms with E-state index in [9.17, 15) is 4.79 Å². The summed E-state index contributed by atoms with van der Waals surface area (Å²) in [5, 5.41) is 10.3. The molecular weight excluding hydrogens is 218 g/mol. The lowest BCUT2D eigenvalue weighted by atomic mass is 10.2. The van der Waals surface area contributed by atoms with E-state index in [2.05, 4.69) is 20.7 Å². The van der Waals surface area contributed by atoms with E-state index >= 15 is 0 Å². The molecule has 1 fully saturated rings. The summed E-state index contributed by atoms with van der Waals surface area (Å²) >= 11 is 0. The second-order valence-electron chi connectivity index (χ2n) is 4.13. The summed E-state index contributed by atoms with van der Waals surface area (Å²) in [4.78, 5) is 16.1. The van der Waals surface area contributed by atoms with E-state index in [1.807, 2.05) is 0 Å². The molecule has 3 heterocycles. The summed E-state index contributed by atoms with van der Waals surface area (Å²) in [5.41, 5.74) is 1.31. The van der Waals surface area contributed by atoms with Crippen LogP contribution in [0, 0.1) is 0 Å². The minimum absolute atomic E-state index is 0.0818. The summed E-state index contributed by atoms with van der Waals surface area (Å²) in [7, 11) is 0. The van der Waals surface area contributed by atoms with E-state index in [1.54, 1.807) is 29.3 Å². The van der Waals surface area contributed by atoms with Crippen molar-refractivity contribution in [2.75, 3.05) is 13.1 Å². The predicted molar refractivity (Wildman–Crippen MR) is 61.7 cm³/mol. The summed E-state index contributed by atoms with van der Waals surface area (Å²) < 4.78 is 1.65. The Kier molecular flexibility index (Phi) is 2.49. The van der Waals surface area contributed by atoms with Crippen molar-refractivity contribution in [1.82, 2.24) is 25.2 Å².